The molecule has 2 rings (SSSR count). The van der Waals surface area contributed by atoms with Crippen molar-refractivity contribution >= 4 is 11.8 Å². The first kappa shape index (κ1) is 8.17. The molecule has 0 saturated heterocycles. The molecule has 12 heavy (non-hydrogen) atoms. The third-order valence-corrected chi connectivity index (χ3v) is 3.30. The van der Waals surface area contributed by atoms with Crippen molar-refractivity contribution in [3.05, 3.63) is 12.4 Å². The van der Waals surface area contributed by atoms with Gasteiger partial charge in [-0.25, -0.2) is 4.98 Å². The molecule has 1 unspecified atom stereocenters. The summed E-state index contributed by atoms with van der Waals surface area (Å²) in [6.45, 7) is 4.55. The number of nitrogens with zero attached hydrogens (tertiary/aromatic N) is 2. The fraction of sp³-hybridized carbons (Fsp3) is 0.667. The van der Waals surface area contributed by atoms with Crippen LogP contribution in [0.1, 0.15) is 26.3 Å². The highest BCUT2D eigenvalue weighted by atomic mass is 32.2. The van der Waals surface area contributed by atoms with E-state index in [1.54, 1.807) is 0 Å². The van der Waals surface area contributed by atoms with Crippen LogP contribution in [0.15, 0.2) is 17.6 Å². The molecule has 66 valence electrons. The molecule has 0 spiro atoms. The third kappa shape index (κ3) is 1.38. The molecule has 1 aromatic rings. The van der Waals surface area contributed by atoms with Crippen molar-refractivity contribution in [2.75, 3.05) is 5.75 Å². The number of aromatic nitrogens is 2. The van der Waals surface area contributed by atoms with E-state index in [0.29, 0.717) is 6.04 Å². The Morgan fingerprint density at radius 2 is 2.58 bits per heavy atom. The third-order valence-electron chi connectivity index (χ3n) is 2.17. The van der Waals surface area contributed by atoms with E-state index < -0.39 is 0 Å². The normalized spacial score (nSPS) is 21.8. The molecule has 0 fully saturated rings. The average Bonchev–Trinajstić information content (AvgIpc) is 2.52. The van der Waals surface area contributed by atoms with Gasteiger partial charge in [-0.3, -0.25) is 0 Å². The zero-order valence-electron chi connectivity index (χ0n) is 7.53. The van der Waals surface area contributed by atoms with Crippen molar-refractivity contribution in [1.29, 1.82) is 0 Å². The predicted molar refractivity (Wildman–Crippen MR) is 51.4 cm³/mol. The van der Waals surface area contributed by atoms with Gasteiger partial charge in [0.2, 0.25) is 0 Å². The van der Waals surface area contributed by atoms with Gasteiger partial charge in [0, 0.05) is 24.2 Å². The molecule has 0 bridgehead atoms. The summed E-state index contributed by atoms with van der Waals surface area (Å²) >= 11 is 1.88. The first-order valence-corrected chi connectivity index (χ1v) is 5.41. The van der Waals surface area contributed by atoms with Crippen LogP contribution in [0.2, 0.25) is 0 Å². The largest absolute Gasteiger partial charge is 0.322 e. The maximum atomic E-state index is 4.28. The standard InChI is InChI=1S/C9H14N2S/c1-7(2)5-8-6-12-9-10-3-4-11(8)9/h3-4,7-8H,5-6H2,1-2H3. The van der Waals surface area contributed by atoms with Crippen LogP contribution in [0.25, 0.3) is 0 Å². The minimum absolute atomic E-state index is 0.687. The molecule has 2 nitrogen and oxygen atoms in total. The Balaban J connectivity index is 2.12. The molecule has 1 aliphatic heterocycles. The first-order valence-electron chi connectivity index (χ1n) is 4.43. The van der Waals surface area contributed by atoms with Gasteiger partial charge < -0.3 is 4.57 Å². The van der Waals surface area contributed by atoms with Crippen LogP contribution in [-0.4, -0.2) is 15.3 Å². The smallest absolute Gasteiger partial charge is 0.168 e. The van der Waals surface area contributed by atoms with E-state index in [1.807, 2.05) is 18.0 Å². The number of thioether (sulfide) groups is 1. The van der Waals surface area contributed by atoms with Gasteiger partial charge in [0.1, 0.15) is 0 Å². The highest BCUT2D eigenvalue weighted by Crippen LogP contribution is 2.35. The molecule has 1 atom stereocenters. The van der Waals surface area contributed by atoms with Crippen LogP contribution in [0.4, 0.5) is 0 Å². The Kier molecular flexibility index (Phi) is 2.13. The second kappa shape index (κ2) is 3.13. The lowest BCUT2D eigenvalue weighted by atomic mass is 10.1. The fourth-order valence-electron chi connectivity index (χ4n) is 1.67. The Morgan fingerprint density at radius 3 is 3.33 bits per heavy atom. The molecule has 0 aliphatic carbocycles. The Bertz CT molecular complexity index is 267. The summed E-state index contributed by atoms with van der Waals surface area (Å²) in [5.74, 6) is 1.99. The zero-order chi connectivity index (χ0) is 8.55. The lowest BCUT2D eigenvalue weighted by molar-refractivity contribution is 0.425. The minimum Gasteiger partial charge on any atom is -0.322 e. The fourth-order valence-corrected chi connectivity index (χ4v) is 2.80. The lowest BCUT2D eigenvalue weighted by Crippen LogP contribution is -2.08. The summed E-state index contributed by atoms with van der Waals surface area (Å²) in [7, 11) is 0. The summed E-state index contributed by atoms with van der Waals surface area (Å²) in [5.41, 5.74) is 0. The zero-order valence-corrected chi connectivity index (χ0v) is 8.34. The van der Waals surface area contributed by atoms with Gasteiger partial charge in [-0.05, 0) is 12.3 Å². The molecule has 0 amide bonds. The monoisotopic (exact) mass is 182 g/mol. The lowest BCUT2D eigenvalue weighted by Gasteiger charge is -2.13. The molecular formula is C9H14N2S. The Morgan fingerprint density at radius 1 is 1.75 bits per heavy atom. The first-order chi connectivity index (χ1) is 5.77. The molecule has 1 aliphatic rings. The highest BCUT2D eigenvalue weighted by molar-refractivity contribution is 7.99. The van der Waals surface area contributed by atoms with Gasteiger partial charge in [0.05, 0.1) is 0 Å². The summed E-state index contributed by atoms with van der Waals surface area (Å²) in [5, 5.41) is 1.20. The summed E-state index contributed by atoms with van der Waals surface area (Å²) in [6, 6.07) is 0.687. The number of fused-ring (bicyclic) bond motifs is 1. The second-order valence-electron chi connectivity index (χ2n) is 3.71. The van der Waals surface area contributed by atoms with E-state index in [9.17, 15) is 0 Å². The number of rotatable bonds is 2. The van der Waals surface area contributed by atoms with E-state index in [0.717, 1.165) is 5.92 Å². The van der Waals surface area contributed by atoms with Gasteiger partial charge >= 0.3 is 0 Å². The van der Waals surface area contributed by atoms with Crippen LogP contribution in [0.5, 0.6) is 0 Å². The van der Waals surface area contributed by atoms with Gasteiger partial charge in [-0.15, -0.1) is 0 Å². The van der Waals surface area contributed by atoms with Crippen molar-refractivity contribution in [2.45, 2.75) is 31.5 Å². The van der Waals surface area contributed by atoms with Gasteiger partial charge in [-0.1, -0.05) is 25.6 Å². The molecule has 2 heterocycles. The molecule has 1 aromatic heterocycles. The van der Waals surface area contributed by atoms with Gasteiger partial charge in [0.15, 0.2) is 5.16 Å². The predicted octanol–water partition coefficient (Wildman–Crippen LogP) is 2.58. The summed E-state index contributed by atoms with van der Waals surface area (Å²) in [4.78, 5) is 4.28. The van der Waals surface area contributed by atoms with E-state index in [-0.39, 0.29) is 0 Å². The molecular weight excluding hydrogens is 168 g/mol. The van der Waals surface area contributed by atoms with Gasteiger partial charge in [0.25, 0.3) is 0 Å². The maximum absolute atomic E-state index is 4.28. The average molecular weight is 182 g/mol. The quantitative estimate of drug-likeness (QED) is 0.699. The Hall–Kier alpha value is -0.440. The van der Waals surface area contributed by atoms with Crippen molar-refractivity contribution < 1.29 is 0 Å². The van der Waals surface area contributed by atoms with Crippen molar-refractivity contribution in [3.8, 4) is 0 Å². The summed E-state index contributed by atoms with van der Waals surface area (Å²) in [6.07, 6.45) is 5.27. The molecule has 3 heteroatoms. The van der Waals surface area contributed by atoms with Crippen LogP contribution >= 0.6 is 11.8 Å². The van der Waals surface area contributed by atoms with E-state index in [1.165, 1.54) is 17.3 Å². The van der Waals surface area contributed by atoms with E-state index in [4.69, 9.17) is 0 Å². The van der Waals surface area contributed by atoms with Crippen LogP contribution in [-0.2, 0) is 0 Å². The topological polar surface area (TPSA) is 17.8 Å². The van der Waals surface area contributed by atoms with E-state index >= 15 is 0 Å². The summed E-state index contributed by atoms with van der Waals surface area (Å²) < 4.78 is 2.31. The number of hydrogen-bond acceptors (Lipinski definition) is 2. The van der Waals surface area contributed by atoms with Crippen LogP contribution in [0, 0.1) is 5.92 Å². The van der Waals surface area contributed by atoms with Crippen LogP contribution in [0.3, 0.4) is 0 Å². The number of imidazole rings is 1. The van der Waals surface area contributed by atoms with Crippen molar-refractivity contribution in [3.63, 3.8) is 0 Å². The number of hydrogen-bond donors (Lipinski definition) is 0. The van der Waals surface area contributed by atoms with Gasteiger partial charge in [-0.2, -0.15) is 0 Å². The minimum atomic E-state index is 0.687. The molecule has 0 radical (unpaired) electrons. The highest BCUT2D eigenvalue weighted by Gasteiger charge is 2.23. The Labute approximate surface area is 77.4 Å². The van der Waals surface area contributed by atoms with Crippen molar-refractivity contribution in [1.82, 2.24) is 9.55 Å². The SMILES string of the molecule is CC(C)CC1CSc2nccn21. The molecule has 0 N–H and O–H groups in total. The maximum Gasteiger partial charge on any atom is 0.168 e. The van der Waals surface area contributed by atoms with E-state index in [2.05, 4.69) is 29.6 Å². The molecule has 0 aromatic carbocycles. The van der Waals surface area contributed by atoms with Crippen molar-refractivity contribution in [2.24, 2.45) is 5.92 Å². The molecule has 0 saturated carbocycles. The van der Waals surface area contributed by atoms with Crippen LogP contribution < -0.4 is 0 Å². The second-order valence-corrected chi connectivity index (χ2v) is 4.70.